The van der Waals surface area contributed by atoms with Crippen LogP contribution in [0.5, 0.6) is 0 Å². The molecule has 9 heavy (non-hydrogen) atoms. The fourth-order valence-electron chi connectivity index (χ4n) is 1.62. The van der Waals surface area contributed by atoms with Crippen LogP contribution in [0.1, 0.15) is 12.8 Å². The number of nitrogens with zero attached hydrogens (tertiary/aromatic N) is 1. The third-order valence-corrected chi connectivity index (χ3v) is 2.13. The van der Waals surface area contributed by atoms with E-state index in [9.17, 15) is 4.79 Å². The average Bonchev–Trinajstić information content (AvgIpc) is 2.35. The third-order valence-electron chi connectivity index (χ3n) is 2.13. The molecule has 0 aliphatic carbocycles. The lowest BCUT2D eigenvalue weighted by atomic mass is 10.2. The van der Waals surface area contributed by atoms with Gasteiger partial charge in [0.1, 0.15) is 0 Å². The lowest BCUT2D eigenvalue weighted by molar-refractivity contribution is 0.216. The molecule has 0 aromatic rings. The summed E-state index contributed by atoms with van der Waals surface area (Å²) in [5, 5.41) is 2.81. The maximum Gasteiger partial charge on any atom is 0.317 e. The Hall–Kier alpha value is -0.730. The predicted octanol–water partition coefficient (Wildman–Crippen LogP) is 0.174. The smallest absolute Gasteiger partial charge is 0.317 e. The number of carbonyl (C=O) groups is 1. The molecule has 2 heterocycles. The number of amides is 2. The van der Waals surface area contributed by atoms with Crippen LogP contribution in [0.15, 0.2) is 0 Å². The first-order valence-electron chi connectivity index (χ1n) is 3.42. The highest BCUT2D eigenvalue weighted by molar-refractivity contribution is 5.77. The summed E-state index contributed by atoms with van der Waals surface area (Å²) in [6.45, 7) is 1.84. The van der Waals surface area contributed by atoms with E-state index in [2.05, 4.69) is 5.32 Å². The minimum atomic E-state index is 0.137. The normalized spacial score (nSPS) is 32.7. The Kier molecular flexibility index (Phi) is 0.917. The molecule has 0 aromatic heterocycles. The van der Waals surface area contributed by atoms with Gasteiger partial charge in [-0.2, -0.15) is 0 Å². The summed E-state index contributed by atoms with van der Waals surface area (Å²) in [6, 6.07) is 0.662. The fraction of sp³-hybridized carbons (Fsp3) is 0.833. The van der Waals surface area contributed by atoms with Crippen LogP contribution in [0.3, 0.4) is 0 Å². The molecule has 1 N–H and O–H groups in total. The second-order valence-corrected chi connectivity index (χ2v) is 2.68. The van der Waals surface area contributed by atoms with Gasteiger partial charge in [-0.3, -0.25) is 0 Å². The van der Waals surface area contributed by atoms with Gasteiger partial charge < -0.3 is 10.2 Å². The van der Waals surface area contributed by atoms with Gasteiger partial charge in [-0.25, -0.2) is 4.79 Å². The monoisotopic (exact) mass is 126 g/mol. The van der Waals surface area contributed by atoms with Crippen LogP contribution in [0.25, 0.3) is 0 Å². The summed E-state index contributed by atoms with van der Waals surface area (Å²) >= 11 is 0. The van der Waals surface area contributed by atoms with E-state index in [1.54, 1.807) is 0 Å². The number of hydrogen-bond donors (Lipinski definition) is 1. The molecule has 1 atom stereocenters. The van der Waals surface area contributed by atoms with Crippen molar-refractivity contribution in [2.24, 2.45) is 0 Å². The molecule has 2 fully saturated rings. The average molecular weight is 126 g/mol. The minimum absolute atomic E-state index is 0.137. The van der Waals surface area contributed by atoms with Crippen LogP contribution in [0, 0.1) is 0 Å². The van der Waals surface area contributed by atoms with Crippen LogP contribution in [-0.4, -0.2) is 30.1 Å². The number of fused-ring (bicyclic) bond motifs is 1. The standard InChI is InChI=1S/C6H10N2O/c9-6-7-4-5-2-1-3-8(5)6/h5H,1-4H2,(H,7,9). The molecule has 1 unspecified atom stereocenters. The summed E-state index contributed by atoms with van der Waals surface area (Å²) in [6.07, 6.45) is 2.39. The highest BCUT2D eigenvalue weighted by Gasteiger charge is 2.33. The van der Waals surface area contributed by atoms with E-state index in [1.165, 1.54) is 12.8 Å². The molecule has 0 radical (unpaired) electrons. The number of hydrogen-bond acceptors (Lipinski definition) is 1. The van der Waals surface area contributed by atoms with E-state index >= 15 is 0 Å². The van der Waals surface area contributed by atoms with E-state index in [0.717, 1.165) is 13.1 Å². The maximum atomic E-state index is 10.9. The lowest BCUT2D eigenvalue weighted by Crippen LogP contribution is -2.28. The summed E-state index contributed by atoms with van der Waals surface area (Å²) in [5.41, 5.74) is 0. The van der Waals surface area contributed by atoms with Crippen LogP contribution in [0.2, 0.25) is 0 Å². The predicted molar refractivity (Wildman–Crippen MR) is 33.1 cm³/mol. The van der Waals surface area contributed by atoms with Crippen molar-refractivity contribution in [1.29, 1.82) is 0 Å². The third kappa shape index (κ3) is 0.605. The number of urea groups is 1. The minimum Gasteiger partial charge on any atom is -0.336 e. The number of carbonyl (C=O) groups excluding carboxylic acids is 1. The Bertz CT molecular complexity index is 146. The topological polar surface area (TPSA) is 32.3 Å². The summed E-state index contributed by atoms with van der Waals surface area (Å²) in [7, 11) is 0. The molecule has 0 saturated carbocycles. The van der Waals surface area contributed by atoms with Crippen molar-refractivity contribution < 1.29 is 4.79 Å². The molecule has 0 aromatic carbocycles. The first-order chi connectivity index (χ1) is 4.38. The zero-order chi connectivity index (χ0) is 6.27. The van der Waals surface area contributed by atoms with E-state index < -0.39 is 0 Å². The Morgan fingerprint density at radius 1 is 1.67 bits per heavy atom. The summed E-state index contributed by atoms with van der Waals surface area (Å²) < 4.78 is 0. The highest BCUT2D eigenvalue weighted by Crippen LogP contribution is 2.19. The van der Waals surface area contributed by atoms with Gasteiger partial charge >= 0.3 is 6.03 Å². The second-order valence-electron chi connectivity index (χ2n) is 2.68. The van der Waals surface area contributed by atoms with Gasteiger partial charge in [0.2, 0.25) is 0 Å². The molecule has 3 heteroatoms. The quantitative estimate of drug-likeness (QED) is 0.493. The van der Waals surface area contributed by atoms with Gasteiger partial charge in [-0.05, 0) is 12.8 Å². The molecule has 2 rings (SSSR count). The van der Waals surface area contributed by atoms with Crippen LogP contribution >= 0.6 is 0 Å². The van der Waals surface area contributed by atoms with Gasteiger partial charge in [-0.15, -0.1) is 0 Å². The lowest BCUT2D eigenvalue weighted by Gasteiger charge is -2.10. The summed E-state index contributed by atoms with van der Waals surface area (Å²) in [4.78, 5) is 12.8. The zero-order valence-electron chi connectivity index (χ0n) is 5.26. The SMILES string of the molecule is O=C1NCC2CCCN12. The number of nitrogens with one attached hydrogen (secondary N) is 1. The first kappa shape index (κ1) is 5.09. The Labute approximate surface area is 54.0 Å². The zero-order valence-corrected chi connectivity index (χ0v) is 5.26. The Morgan fingerprint density at radius 2 is 2.56 bits per heavy atom. The van der Waals surface area contributed by atoms with Crippen LogP contribution in [-0.2, 0) is 0 Å². The molecular formula is C6H10N2O. The summed E-state index contributed by atoms with van der Waals surface area (Å²) in [5.74, 6) is 0. The van der Waals surface area contributed by atoms with Crippen molar-refractivity contribution in [1.82, 2.24) is 10.2 Å². The molecule has 2 aliphatic heterocycles. The Morgan fingerprint density at radius 3 is 3.33 bits per heavy atom. The van der Waals surface area contributed by atoms with Crippen molar-refractivity contribution in [3.05, 3.63) is 0 Å². The van der Waals surface area contributed by atoms with Gasteiger partial charge in [0, 0.05) is 13.1 Å². The Balaban J connectivity index is 2.15. The highest BCUT2D eigenvalue weighted by atomic mass is 16.2. The van der Waals surface area contributed by atoms with E-state index in [1.807, 2.05) is 4.90 Å². The number of rotatable bonds is 0. The van der Waals surface area contributed by atoms with Crippen molar-refractivity contribution >= 4 is 6.03 Å². The van der Waals surface area contributed by atoms with Crippen LogP contribution < -0.4 is 5.32 Å². The van der Waals surface area contributed by atoms with E-state index in [-0.39, 0.29) is 6.03 Å². The van der Waals surface area contributed by atoms with Crippen LogP contribution in [0.4, 0.5) is 4.79 Å². The van der Waals surface area contributed by atoms with Gasteiger partial charge in [-0.1, -0.05) is 0 Å². The largest absolute Gasteiger partial charge is 0.336 e. The molecule has 0 spiro atoms. The van der Waals surface area contributed by atoms with Crippen molar-refractivity contribution in [2.45, 2.75) is 18.9 Å². The molecular weight excluding hydrogens is 116 g/mol. The molecule has 50 valence electrons. The molecule has 3 nitrogen and oxygen atoms in total. The van der Waals surface area contributed by atoms with Gasteiger partial charge in [0.25, 0.3) is 0 Å². The van der Waals surface area contributed by atoms with Crippen molar-refractivity contribution in [2.75, 3.05) is 13.1 Å². The van der Waals surface area contributed by atoms with E-state index in [4.69, 9.17) is 0 Å². The van der Waals surface area contributed by atoms with Crippen molar-refractivity contribution in [3.8, 4) is 0 Å². The van der Waals surface area contributed by atoms with Gasteiger partial charge in [0.15, 0.2) is 0 Å². The molecule has 2 amide bonds. The first-order valence-corrected chi connectivity index (χ1v) is 3.42. The molecule has 2 aliphatic rings. The maximum absolute atomic E-state index is 10.9. The fourth-order valence-corrected chi connectivity index (χ4v) is 1.62. The van der Waals surface area contributed by atoms with Crippen molar-refractivity contribution in [3.63, 3.8) is 0 Å². The van der Waals surface area contributed by atoms with E-state index in [0.29, 0.717) is 6.04 Å². The van der Waals surface area contributed by atoms with Gasteiger partial charge in [0.05, 0.1) is 6.04 Å². The second kappa shape index (κ2) is 1.62. The molecule has 2 saturated heterocycles. The molecule has 0 bridgehead atoms.